The summed E-state index contributed by atoms with van der Waals surface area (Å²) in [5, 5.41) is 21.4. The van der Waals surface area contributed by atoms with E-state index in [0.29, 0.717) is 56.0 Å². The molecule has 45 heavy (non-hydrogen) atoms. The molecule has 1 fully saturated rings. The van der Waals surface area contributed by atoms with Gasteiger partial charge in [0, 0.05) is 21.4 Å². The molecular weight excluding hydrogens is 653 g/mol. The normalized spacial score (nSPS) is 15.9. The van der Waals surface area contributed by atoms with Crippen LogP contribution in [0.25, 0.3) is 5.76 Å². The lowest BCUT2D eigenvalue weighted by atomic mass is 9.95. The summed E-state index contributed by atoms with van der Waals surface area (Å²) in [7, 11) is 0. The average molecular weight is 685 g/mol. The van der Waals surface area contributed by atoms with Crippen LogP contribution in [0.3, 0.4) is 0 Å². The predicted octanol–water partition coefficient (Wildman–Crippen LogP) is 8.65. The van der Waals surface area contributed by atoms with Crippen LogP contribution in [0.1, 0.15) is 55.0 Å². The first-order valence-electron chi connectivity index (χ1n) is 14.4. The van der Waals surface area contributed by atoms with E-state index < -0.39 is 17.7 Å². The number of carbonyl (C=O) groups excluding carboxylic acids is 2. The summed E-state index contributed by atoms with van der Waals surface area (Å²) in [4.78, 5) is 28.6. The zero-order valence-electron chi connectivity index (χ0n) is 24.9. The van der Waals surface area contributed by atoms with E-state index in [1.165, 1.54) is 28.0 Å². The summed E-state index contributed by atoms with van der Waals surface area (Å²) >= 11 is 14.9. The van der Waals surface area contributed by atoms with Crippen LogP contribution >= 0.6 is 46.3 Å². The molecular formula is C33H31Cl2N3O5S2. The summed E-state index contributed by atoms with van der Waals surface area (Å²) in [6, 6.07) is 16.7. The quantitative estimate of drug-likeness (QED) is 0.0395. The van der Waals surface area contributed by atoms with Crippen LogP contribution in [0.15, 0.2) is 70.6 Å². The van der Waals surface area contributed by atoms with E-state index in [9.17, 15) is 14.7 Å². The van der Waals surface area contributed by atoms with Crippen molar-refractivity contribution in [2.24, 2.45) is 0 Å². The largest absolute Gasteiger partial charge is 0.507 e. The molecule has 1 saturated heterocycles. The minimum atomic E-state index is -0.994. The molecule has 234 valence electrons. The first-order chi connectivity index (χ1) is 21.7. The Bertz CT molecular complexity index is 1740. The van der Waals surface area contributed by atoms with E-state index in [2.05, 4.69) is 17.1 Å². The van der Waals surface area contributed by atoms with Gasteiger partial charge in [-0.2, -0.15) is 0 Å². The molecule has 0 aliphatic carbocycles. The summed E-state index contributed by atoms with van der Waals surface area (Å²) in [6.07, 6.45) is 1.86. The van der Waals surface area contributed by atoms with Crippen LogP contribution in [0.5, 0.6) is 11.5 Å². The smallest absolute Gasteiger partial charge is 0.301 e. The Kier molecular flexibility index (Phi) is 10.7. The Morgan fingerprint density at radius 2 is 1.78 bits per heavy atom. The number of ether oxygens (including phenoxy) is 2. The SMILES string of the molecule is CCCCOc1ccc(C2C(=C(O)c3ccc(C)cc3)C(=O)C(=O)N2c2nnc(SCc3ccc(Cl)cc3Cl)s2)cc1OCC. The van der Waals surface area contributed by atoms with Gasteiger partial charge in [0.25, 0.3) is 5.78 Å². The highest BCUT2D eigenvalue weighted by Crippen LogP contribution is 2.46. The predicted molar refractivity (Wildman–Crippen MR) is 180 cm³/mol. The highest BCUT2D eigenvalue weighted by Gasteiger charge is 2.48. The van der Waals surface area contributed by atoms with E-state index in [1.807, 2.05) is 32.0 Å². The number of nitrogens with zero attached hydrogens (tertiary/aromatic N) is 3. The molecule has 0 radical (unpaired) electrons. The second-order valence-electron chi connectivity index (χ2n) is 10.3. The highest BCUT2D eigenvalue weighted by atomic mass is 35.5. The van der Waals surface area contributed by atoms with E-state index >= 15 is 0 Å². The number of amides is 1. The number of aromatic nitrogens is 2. The Morgan fingerprint density at radius 1 is 1.00 bits per heavy atom. The maximum absolute atomic E-state index is 13.7. The third kappa shape index (κ3) is 7.30. The molecule has 1 atom stereocenters. The molecule has 0 spiro atoms. The number of halogens is 2. The fourth-order valence-electron chi connectivity index (χ4n) is 4.76. The van der Waals surface area contributed by atoms with E-state index in [-0.39, 0.29) is 16.5 Å². The molecule has 1 aliphatic rings. The molecule has 1 aliphatic heterocycles. The van der Waals surface area contributed by atoms with Crippen LogP contribution in [-0.2, 0) is 15.3 Å². The molecule has 12 heteroatoms. The van der Waals surface area contributed by atoms with Crippen LogP contribution in [0, 0.1) is 6.92 Å². The molecule has 3 aromatic carbocycles. The molecule has 1 aromatic heterocycles. The van der Waals surface area contributed by atoms with Crippen molar-refractivity contribution in [3.63, 3.8) is 0 Å². The van der Waals surface area contributed by atoms with Crippen molar-refractivity contribution in [2.75, 3.05) is 18.1 Å². The standard InChI is InChI=1S/C33H31Cl2N3O5S2/c1-4-6-15-43-25-14-12-21(16-26(25)42-5-2)28-27(29(39)20-9-7-19(3)8-10-20)30(40)31(41)38(28)32-36-37-33(45-32)44-18-22-11-13-23(34)17-24(22)35/h7-14,16-17,28,39H,4-6,15,18H2,1-3H3. The summed E-state index contributed by atoms with van der Waals surface area (Å²) in [5.41, 5.74) is 2.77. The number of rotatable bonds is 12. The second-order valence-corrected chi connectivity index (χ2v) is 13.3. The number of hydrogen-bond acceptors (Lipinski definition) is 9. The van der Waals surface area contributed by atoms with Gasteiger partial charge in [-0.3, -0.25) is 14.5 Å². The number of benzene rings is 3. The molecule has 2 heterocycles. The first-order valence-corrected chi connectivity index (χ1v) is 16.9. The number of carbonyl (C=O) groups is 2. The summed E-state index contributed by atoms with van der Waals surface area (Å²) in [5.74, 6) is -0.392. The van der Waals surface area contributed by atoms with Crippen LogP contribution in [0.4, 0.5) is 5.13 Å². The first kappa shape index (κ1) is 32.8. The number of thioether (sulfide) groups is 1. The van der Waals surface area contributed by atoms with E-state index in [1.54, 1.807) is 42.5 Å². The minimum absolute atomic E-state index is 0.0525. The third-order valence-electron chi connectivity index (χ3n) is 7.08. The van der Waals surface area contributed by atoms with Gasteiger partial charge in [0.15, 0.2) is 15.8 Å². The van der Waals surface area contributed by atoms with E-state index in [4.69, 9.17) is 32.7 Å². The van der Waals surface area contributed by atoms with Gasteiger partial charge < -0.3 is 14.6 Å². The number of aryl methyl sites for hydroxylation is 1. The van der Waals surface area contributed by atoms with Gasteiger partial charge in [0.05, 0.1) is 24.8 Å². The Hall–Kier alpha value is -3.57. The number of Topliss-reactive ketones (excluding diaryl/α,β-unsaturated/α-hetero) is 1. The molecule has 0 bridgehead atoms. The Balaban J connectivity index is 1.56. The molecule has 4 aromatic rings. The highest BCUT2D eigenvalue weighted by molar-refractivity contribution is 8.00. The molecule has 8 nitrogen and oxygen atoms in total. The van der Waals surface area contributed by atoms with Crippen molar-refractivity contribution in [3.05, 3.63) is 98.5 Å². The monoisotopic (exact) mass is 683 g/mol. The fourth-order valence-corrected chi connectivity index (χ4v) is 7.18. The summed E-state index contributed by atoms with van der Waals surface area (Å²) in [6.45, 7) is 6.77. The van der Waals surface area contributed by atoms with Crippen molar-refractivity contribution in [1.29, 1.82) is 0 Å². The molecule has 1 N–H and O–H groups in total. The maximum atomic E-state index is 13.7. The van der Waals surface area contributed by atoms with Gasteiger partial charge in [-0.25, -0.2) is 0 Å². The lowest BCUT2D eigenvalue weighted by molar-refractivity contribution is -0.132. The van der Waals surface area contributed by atoms with Crippen molar-refractivity contribution < 1.29 is 24.2 Å². The zero-order valence-corrected chi connectivity index (χ0v) is 28.0. The van der Waals surface area contributed by atoms with Crippen LogP contribution in [-0.4, -0.2) is 40.2 Å². The van der Waals surface area contributed by atoms with Crippen LogP contribution in [0.2, 0.25) is 10.0 Å². The van der Waals surface area contributed by atoms with Gasteiger partial charge in [-0.1, -0.05) is 102 Å². The number of aliphatic hydroxyl groups excluding tert-OH is 1. The number of unbranched alkanes of at least 4 members (excludes halogenated alkanes) is 1. The van der Waals surface area contributed by atoms with Gasteiger partial charge in [0.1, 0.15) is 5.76 Å². The summed E-state index contributed by atoms with van der Waals surface area (Å²) < 4.78 is 12.4. The van der Waals surface area contributed by atoms with Crippen LogP contribution < -0.4 is 14.4 Å². The number of ketones is 1. The lowest BCUT2D eigenvalue weighted by Gasteiger charge is -2.23. The Labute approximate surface area is 280 Å². The van der Waals surface area contributed by atoms with Gasteiger partial charge in [0.2, 0.25) is 5.13 Å². The second kappa shape index (κ2) is 14.7. The average Bonchev–Trinajstić information content (AvgIpc) is 3.59. The molecule has 1 amide bonds. The van der Waals surface area contributed by atoms with Crippen molar-refractivity contribution in [3.8, 4) is 11.5 Å². The van der Waals surface area contributed by atoms with Crippen molar-refractivity contribution in [1.82, 2.24) is 10.2 Å². The van der Waals surface area contributed by atoms with Gasteiger partial charge in [-0.05, 0) is 55.7 Å². The van der Waals surface area contributed by atoms with Gasteiger partial charge in [-0.15, -0.1) is 10.2 Å². The van der Waals surface area contributed by atoms with Crippen molar-refractivity contribution in [2.45, 2.75) is 49.7 Å². The lowest BCUT2D eigenvalue weighted by Crippen LogP contribution is -2.29. The minimum Gasteiger partial charge on any atom is -0.507 e. The Morgan fingerprint density at radius 3 is 2.49 bits per heavy atom. The number of aliphatic hydroxyl groups is 1. The van der Waals surface area contributed by atoms with Gasteiger partial charge >= 0.3 is 5.91 Å². The molecule has 0 saturated carbocycles. The fraction of sp³-hybridized carbons (Fsp3) is 0.273. The number of hydrogen-bond donors (Lipinski definition) is 1. The van der Waals surface area contributed by atoms with E-state index in [0.717, 1.165) is 24.0 Å². The zero-order chi connectivity index (χ0) is 32.1. The maximum Gasteiger partial charge on any atom is 0.301 e. The molecule has 5 rings (SSSR count). The third-order valence-corrected chi connectivity index (χ3v) is 9.77. The van der Waals surface area contributed by atoms with Crippen molar-refractivity contribution >= 4 is 68.9 Å². The number of anilines is 1. The topological polar surface area (TPSA) is 102 Å². The molecule has 1 unspecified atom stereocenters.